The molecule has 0 aliphatic carbocycles. The van der Waals surface area contributed by atoms with E-state index in [1.165, 1.54) is 11.8 Å². The highest BCUT2D eigenvalue weighted by Gasteiger charge is 2.36. The Kier molecular flexibility index (Phi) is 9.22. The van der Waals surface area contributed by atoms with Crippen molar-refractivity contribution in [2.75, 3.05) is 19.0 Å². The van der Waals surface area contributed by atoms with E-state index in [4.69, 9.17) is 35.9 Å². The first-order valence-electron chi connectivity index (χ1n) is 12.9. The molecule has 4 aromatic rings. The number of carbonyl (C=O) groups excluding carboxylic acids is 1. The number of hydrogen-bond acceptors (Lipinski definition) is 8. The number of rotatable bonds is 10. The standard InChI is InChI=1S/C30H28BrClN4O4S/c1-4-39-24-15-21(14-22(31)27(24)38-3)26-25(28(37)40-16-19-10-6-5-7-11-19)18(2)33-29-34-30(35-36(26)29)41-17-20-12-8-9-13-23(20)32/h5-15,26H,4,16-17H2,1-3H3,(H,33,34,35). The fourth-order valence-electron chi connectivity index (χ4n) is 4.53. The molecule has 0 saturated heterocycles. The summed E-state index contributed by atoms with van der Waals surface area (Å²) in [4.78, 5) is 18.4. The van der Waals surface area contributed by atoms with Gasteiger partial charge in [-0.1, -0.05) is 71.9 Å². The van der Waals surface area contributed by atoms with Gasteiger partial charge in [-0.3, -0.25) is 0 Å². The van der Waals surface area contributed by atoms with Gasteiger partial charge >= 0.3 is 5.97 Å². The molecule has 8 nitrogen and oxygen atoms in total. The van der Waals surface area contributed by atoms with Gasteiger partial charge in [0.05, 0.1) is 23.8 Å². The maximum absolute atomic E-state index is 13.7. The zero-order valence-corrected chi connectivity index (χ0v) is 25.8. The van der Waals surface area contributed by atoms with Crippen molar-refractivity contribution >= 4 is 51.2 Å². The number of esters is 1. The number of fused-ring (bicyclic) bond motifs is 1. The third-order valence-electron chi connectivity index (χ3n) is 6.43. The van der Waals surface area contributed by atoms with E-state index >= 15 is 0 Å². The van der Waals surface area contributed by atoms with E-state index in [-0.39, 0.29) is 6.61 Å². The third kappa shape index (κ3) is 6.39. The summed E-state index contributed by atoms with van der Waals surface area (Å²) in [5.74, 6) is 1.75. The molecule has 5 rings (SSSR count). The first kappa shape index (κ1) is 29.0. The van der Waals surface area contributed by atoms with Crippen LogP contribution < -0.4 is 14.8 Å². The van der Waals surface area contributed by atoms with Crippen molar-refractivity contribution in [3.8, 4) is 11.5 Å². The molecular formula is C30H28BrClN4O4S. The number of aromatic nitrogens is 3. The summed E-state index contributed by atoms with van der Waals surface area (Å²) in [5.41, 5.74) is 3.67. The Morgan fingerprint density at radius 1 is 1.15 bits per heavy atom. The summed E-state index contributed by atoms with van der Waals surface area (Å²) in [5, 5.41) is 9.31. The molecule has 212 valence electrons. The Balaban J connectivity index is 1.53. The van der Waals surface area contributed by atoms with Gasteiger partial charge in [-0.15, -0.1) is 5.10 Å². The van der Waals surface area contributed by atoms with Gasteiger partial charge in [-0.25, -0.2) is 9.48 Å². The number of nitrogens with zero attached hydrogens (tertiary/aromatic N) is 3. The van der Waals surface area contributed by atoms with Gasteiger partial charge in [0.1, 0.15) is 12.6 Å². The van der Waals surface area contributed by atoms with Crippen LogP contribution >= 0.6 is 39.3 Å². The lowest BCUT2D eigenvalue weighted by Gasteiger charge is -2.29. The summed E-state index contributed by atoms with van der Waals surface area (Å²) in [6.45, 7) is 4.32. The number of thioether (sulfide) groups is 1. The average Bonchev–Trinajstić information content (AvgIpc) is 3.37. The van der Waals surface area contributed by atoms with Crippen LogP contribution in [0.1, 0.15) is 36.6 Å². The van der Waals surface area contributed by atoms with Crippen LogP contribution in [-0.2, 0) is 21.9 Å². The molecule has 1 atom stereocenters. The Labute approximate surface area is 256 Å². The SMILES string of the molecule is CCOc1cc(C2C(C(=O)OCc3ccccc3)=C(C)Nc3nc(SCc4ccccc4Cl)nn32)cc(Br)c1OC. The van der Waals surface area contributed by atoms with Gasteiger partial charge in [0.2, 0.25) is 11.1 Å². The number of allylic oxidation sites excluding steroid dienone is 1. The lowest BCUT2D eigenvalue weighted by atomic mass is 9.95. The predicted octanol–water partition coefficient (Wildman–Crippen LogP) is 7.43. The van der Waals surface area contributed by atoms with E-state index in [9.17, 15) is 4.79 Å². The van der Waals surface area contributed by atoms with Crippen molar-refractivity contribution in [3.05, 3.63) is 104 Å². The maximum atomic E-state index is 13.7. The molecular weight excluding hydrogens is 628 g/mol. The molecule has 1 aliphatic rings. The van der Waals surface area contributed by atoms with Crippen molar-refractivity contribution in [1.29, 1.82) is 0 Å². The molecule has 41 heavy (non-hydrogen) atoms. The van der Waals surface area contributed by atoms with Crippen LogP contribution in [0.4, 0.5) is 5.95 Å². The van der Waals surface area contributed by atoms with E-state index in [2.05, 4.69) is 21.2 Å². The molecule has 0 saturated carbocycles. The van der Waals surface area contributed by atoms with E-state index in [1.807, 2.05) is 80.6 Å². The molecule has 11 heteroatoms. The highest BCUT2D eigenvalue weighted by Crippen LogP contribution is 2.43. The van der Waals surface area contributed by atoms with E-state index in [0.29, 0.717) is 55.7 Å². The molecule has 0 bridgehead atoms. The van der Waals surface area contributed by atoms with Gasteiger partial charge in [-0.2, -0.15) is 4.98 Å². The molecule has 1 aliphatic heterocycles. The summed E-state index contributed by atoms with van der Waals surface area (Å²) in [6.07, 6.45) is 0. The predicted molar refractivity (Wildman–Crippen MR) is 164 cm³/mol. The average molecular weight is 656 g/mol. The Morgan fingerprint density at radius 3 is 2.63 bits per heavy atom. The number of benzene rings is 3. The quantitative estimate of drug-likeness (QED) is 0.140. The lowest BCUT2D eigenvalue weighted by molar-refractivity contribution is -0.140. The van der Waals surface area contributed by atoms with Gasteiger partial charge < -0.3 is 19.5 Å². The van der Waals surface area contributed by atoms with Crippen molar-refractivity contribution in [3.63, 3.8) is 0 Å². The van der Waals surface area contributed by atoms with Gasteiger partial charge in [-0.05, 0) is 64.7 Å². The second-order valence-corrected chi connectivity index (χ2v) is 11.3. The Morgan fingerprint density at radius 2 is 1.90 bits per heavy atom. The van der Waals surface area contributed by atoms with Crippen LogP contribution in [0.3, 0.4) is 0 Å². The molecule has 1 N–H and O–H groups in total. The molecule has 0 spiro atoms. The number of ether oxygens (including phenoxy) is 3. The normalized spacial score (nSPS) is 14.3. The minimum atomic E-state index is -0.641. The summed E-state index contributed by atoms with van der Waals surface area (Å²) >= 11 is 11.4. The first-order valence-corrected chi connectivity index (χ1v) is 15.1. The number of carbonyl (C=O) groups is 1. The van der Waals surface area contributed by atoms with Crippen LogP contribution in [-0.4, -0.2) is 34.5 Å². The minimum Gasteiger partial charge on any atom is -0.492 e. The van der Waals surface area contributed by atoms with E-state index in [1.54, 1.807) is 11.8 Å². The number of anilines is 1. The van der Waals surface area contributed by atoms with Crippen molar-refractivity contribution in [2.45, 2.75) is 37.4 Å². The van der Waals surface area contributed by atoms with Gasteiger partial charge in [0, 0.05) is 16.5 Å². The minimum absolute atomic E-state index is 0.142. The molecule has 3 aromatic carbocycles. The summed E-state index contributed by atoms with van der Waals surface area (Å²) in [7, 11) is 1.58. The first-order chi connectivity index (χ1) is 19.9. The van der Waals surface area contributed by atoms with Crippen LogP contribution in [0.2, 0.25) is 5.02 Å². The fraction of sp³-hybridized carbons (Fsp3) is 0.233. The summed E-state index contributed by atoms with van der Waals surface area (Å²) in [6, 6.07) is 20.4. The van der Waals surface area contributed by atoms with Gasteiger partial charge in [0.15, 0.2) is 11.5 Å². The van der Waals surface area contributed by atoms with E-state index in [0.717, 1.165) is 16.7 Å². The lowest BCUT2D eigenvalue weighted by Crippen LogP contribution is -2.29. The highest BCUT2D eigenvalue weighted by atomic mass is 79.9. The molecule has 1 unspecified atom stereocenters. The van der Waals surface area contributed by atoms with Crippen LogP contribution in [0.25, 0.3) is 0 Å². The molecule has 0 amide bonds. The van der Waals surface area contributed by atoms with Crippen molar-refractivity contribution < 1.29 is 19.0 Å². The number of halogens is 2. The smallest absolute Gasteiger partial charge is 0.338 e. The number of hydrogen-bond donors (Lipinski definition) is 1. The zero-order chi connectivity index (χ0) is 28.9. The van der Waals surface area contributed by atoms with E-state index < -0.39 is 12.0 Å². The maximum Gasteiger partial charge on any atom is 0.338 e. The fourth-order valence-corrected chi connectivity index (χ4v) is 6.27. The molecule has 2 heterocycles. The molecule has 0 radical (unpaired) electrons. The molecule has 0 fully saturated rings. The van der Waals surface area contributed by atoms with Gasteiger partial charge in [0.25, 0.3) is 0 Å². The largest absolute Gasteiger partial charge is 0.492 e. The third-order valence-corrected chi connectivity index (χ3v) is 8.28. The van der Waals surface area contributed by atoms with Crippen LogP contribution in [0.5, 0.6) is 11.5 Å². The van der Waals surface area contributed by atoms with Crippen LogP contribution in [0.15, 0.2) is 87.6 Å². The van der Waals surface area contributed by atoms with Crippen molar-refractivity contribution in [1.82, 2.24) is 14.8 Å². The monoisotopic (exact) mass is 654 g/mol. The Bertz CT molecular complexity index is 1590. The second-order valence-electron chi connectivity index (χ2n) is 9.14. The Hall–Kier alpha value is -3.47. The number of methoxy groups -OCH3 is 1. The zero-order valence-electron chi connectivity index (χ0n) is 22.7. The topological polar surface area (TPSA) is 87.5 Å². The van der Waals surface area contributed by atoms with Crippen molar-refractivity contribution in [2.24, 2.45) is 0 Å². The summed E-state index contributed by atoms with van der Waals surface area (Å²) < 4.78 is 19.7. The van der Waals surface area contributed by atoms with Crippen LogP contribution in [0, 0.1) is 0 Å². The highest BCUT2D eigenvalue weighted by molar-refractivity contribution is 9.10. The number of nitrogens with one attached hydrogen (secondary N) is 1. The second kappa shape index (κ2) is 13.0. The molecule has 1 aromatic heterocycles.